The molecule has 3 rings (SSSR count). The highest BCUT2D eigenvalue weighted by atomic mass is 19.1. The molecule has 2 aromatic rings. The zero-order valence-corrected chi connectivity index (χ0v) is 19.0. The molecule has 1 aromatic carbocycles. The smallest absolute Gasteiger partial charge is 0.251 e. The van der Waals surface area contributed by atoms with Gasteiger partial charge in [0, 0.05) is 31.0 Å². The number of aliphatic hydroxyl groups is 1. The fourth-order valence-electron chi connectivity index (χ4n) is 3.77. The van der Waals surface area contributed by atoms with E-state index in [-0.39, 0.29) is 29.5 Å². The van der Waals surface area contributed by atoms with Crippen molar-refractivity contribution in [3.63, 3.8) is 0 Å². The lowest BCUT2D eigenvalue weighted by Crippen LogP contribution is -2.55. The van der Waals surface area contributed by atoms with Crippen LogP contribution in [0.2, 0.25) is 0 Å². The second kappa shape index (κ2) is 8.74. The average Bonchev–Trinajstić information content (AvgIpc) is 3.27. The number of hydrogen-bond donors (Lipinski definition) is 2. The van der Waals surface area contributed by atoms with E-state index < -0.39 is 22.9 Å². The lowest BCUT2D eigenvalue weighted by atomic mass is 9.92. The van der Waals surface area contributed by atoms with Crippen molar-refractivity contribution in [2.24, 2.45) is 7.05 Å². The first-order valence-electron chi connectivity index (χ1n) is 10.5. The van der Waals surface area contributed by atoms with Gasteiger partial charge in [-0.25, -0.2) is 4.39 Å². The molecule has 0 bridgehead atoms. The van der Waals surface area contributed by atoms with E-state index in [1.807, 2.05) is 6.92 Å². The van der Waals surface area contributed by atoms with Crippen LogP contribution in [-0.4, -0.2) is 43.7 Å². The van der Waals surface area contributed by atoms with Gasteiger partial charge >= 0.3 is 0 Å². The number of aryl methyl sites for hydroxylation is 1. The second-order valence-corrected chi connectivity index (χ2v) is 8.67. The molecule has 2 amide bonds. The third-order valence-electron chi connectivity index (χ3n) is 5.50. The molecule has 0 saturated carbocycles. The molecule has 1 aliphatic heterocycles. The van der Waals surface area contributed by atoms with Gasteiger partial charge in [0.25, 0.3) is 11.8 Å². The molecule has 1 aromatic heterocycles. The Bertz CT molecular complexity index is 1060. The van der Waals surface area contributed by atoms with E-state index in [2.05, 4.69) is 10.4 Å². The van der Waals surface area contributed by atoms with Crippen molar-refractivity contribution in [3.05, 3.63) is 53.7 Å². The summed E-state index contributed by atoms with van der Waals surface area (Å²) in [6, 6.07) is 6.14. The number of benzene rings is 1. The van der Waals surface area contributed by atoms with Gasteiger partial charge in [-0.3, -0.25) is 14.3 Å². The van der Waals surface area contributed by atoms with Crippen LogP contribution in [0.5, 0.6) is 5.75 Å². The molecule has 172 valence electrons. The first-order valence-corrected chi connectivity index (χ1v) is 10.5. The lowest BCUT2D eigenvalue weighted by molar-refractivity contribution is -0.139. The number of amides is 2. The van der Waals surface area contributed by atoms with Gasteiger partial charge in [-0.05, 0) is 33.3 Å². The summed E-state index contributed by atoms with van der Waals surface area (Å²) in [5.74, 6) is -0.949. The molecule has 1 aliphatic rings. The minimum Gasteiger partial charge on any atom is -0.457 e. The van der Waals surface area contributed by atoms with Crippen LogP contribution in [0.1, 0.15) is 46.1 Å². The number of carbonyl (C=O) groups excluding carboxylic acids is 2. The minimum absolute atomic E-state index is 0.0111. The molecule has 0 saturated heterocycles. The standard InChI is InChI=1S/C23H29FN4O4/c1-6-11-23(4,21(30)25-18-10-12-27(5)26-18)28-14-15(13-19(28)29)32-17-9-7-8-16(20(17)24)22(2,3)31/h7-10,12-13,31H,6,11,14H2,1-5H3,(H,25,26,30)/t23-/m0/s1. The zero-order chi connectivity index (χ0) is 23.7. The summed E-state index contributed by atoms with van der Waals surface area (Å²) in [6.45, 7) is 6.59. The zero-order valence-electron chi connectivity index (χ0n) is 19.0. The summed E-state index contributed by atoms with van der Waals surface area (Å²) in [4.78, 5) is 27.4. The summed E-state index contributed by atoms with van der Waals surface area (Å²) >= 11 is 0. The summed E-state index contributed by atoms with van der Waals surface area (Å²) in [5.41, 5.74) is -2.46. The molecule has 32 heavy (non-hydrogen) atoms. The third kappa shape index (κ3) is 4.67. The topological polar surface area (TPSA) is 96.7 Å². The predicted molar refractivity (Wildman–Crippen MR) is 117 cm³/mol. The van der Waals surface area contributed by atoms with Crippen LogP contribution in [0.4, 0.5) is 10.2 Å². The average molecular weight is 445 g/mol. The van der Waals surface area contributed by atoms with Crippen molar-refractivity contribution < 1.29 is 23.8 Å². The van der Waals surface area contributed by atoms with Crippen LogP contribution in [0.15, 0.2) is 42.3 Å². The van der Waals surface area contributed by atoms with Crippen LogP contribution in [-0.2, 0) is 22.2 Å². The van der Waals surface area contributed by atoms with Gasteiger partial charge in [-0.1, -0.05) is 25.5 Å². The lowest BCUT2D eigenvalue weighted by Gasteiger charge is -2.37. The van der Waals surface area contributed by atoms with Crippen molar-refractivity contribution in [3.8, 4) is 5.75 Å². The Labute approximate surface area is 186 Å². The van der Waals surface area contributed by atoms with E-state index in [0.717, 1.165) is 0 Å². The quantitative estimate of drug-likeness (QED) is 0.652. The number of rotatable bonds is 8. The molecule has 0 radical (unpaired) electrons. The Morgan fingerprint density at radius 1 is 1.31 bits per heavy atom. The first-order chi connectivity index (χ1) is 15.0. The number of nitrogens with zero attached hydrogens (tertiary/aromatic N) is 3. The van der Waals surface area contributed by atoms with Crippen molar-refractivity contribution >= 4 is 17.6 Å². The summed E-state index contributed by atoms with van der Waals surface area (Å²) in [7, 11) is 1.74. The molecule has 2 N–H and O–H groups in total. The maximum atomic E-state index is 14.9. The minimum atomic E-state index is -1.39. The highest BCUT2D eigenvalue weighted by molar-refractivity contribution is 6.02. The monoisotopic (exact) mass is 444 g/mol. The van der Waals surface area contributed by atoms with E-state index in [1.165, 1.54) is 37.0 Å². The fraction of sp³-hybridized carbons (Fsp3) is 0.435. The summed E-state index contributed by atoms with van der Waals surface area (Å²) in [6.07, 6.45) is 4.05. The Balaban J connectivity index is 1.80. The van der Waals surface area contributed by atoms with Crippen LogP contribution < -0.4 is 10.1 Å². The van der Waals surface area contributed by atoms with Crippen LogP contribution in [0, 0.1) is 5.82 Å². The molecule has 0 spiro atoms. The maximum absolute atomic E-state index is 14.9. The van der Waals surface area contributed by atoms with Gasteiger partial charge in [0.15, 0.2) is 17.4 Å². The molecular weight excluding hydrogens is 415 g/mol. The van der Waals surface area contributed by atoms with Crippen LogP contribution in [0.3, 0.4) is 0 Å². The van der Waals surface area contributed by atoms with Gasteiger partial charge in [-0.2, -0.15) is 5.10 Å². The van der Waals surface area contributed by atoms with Gasteiger partial charge in [0.05, 0.1) is 12.1 Å². The summed E-state index contributed by atoms with van der Waals surface area (Å²) in [5, 5.41) is 17.1. The van der Waals surface area contributed by atoms with Crippen LogP contribution in [0.25, 0.3) is 0 Å². The Kier molecular flexibility index (Phi) is 6.41. The molecule has 8 nitrogen and oxygen atoms in total. The van der Waals surface area contributed by atoms with E-state index in [1.54, 1.807) is 37.0 Å². The molecule has 0 unspecified atom stereocenters. The van der Waals surface area contributed by atoms with Crippen molar-refractivity contribution in [2.75, 3.05) is 11.9 Å². The number of aromatic nitrogens is 2. The number of halogens is 1. The third-order valence-corrected chi connectivity index (χ3v) is 5.50. The Morgan fingerprint density at radius 2 is 2.03 bits per heavy atom. The van der Waals surface area contributed by atoms with Gasteiger partial charge in [0.2, 0.25) is 0 Å². The predicted octanol–water partition coefficient (Wildman–Crippen LogP) is 3.09. The number of nitrogens with one attached hydrogen (secondary N) is 1. The van der Waals surface area contributed by atoms with E-state index in [0.29, 0.717) is 18.7 Å². The van der Waals surface area contributed by atoms with Gasteiger partial charge in [-0.15, -0.1) is 0 Å². The van der Waals surface area contributed by atoms with Crippen molar-refractivity contribution in [1.82, 2.24) is 14.7 Å². The number of hydrogen-bond acceptors (Lipinski definition) is 5. The fourth-order valence-corrected chi connectivity index (χ4v) is 3.77. The van der Waals surface area contributed by atoms with Crippen molar-refractivity contribution in [1.29, 1.82) is 0 Å². The SMILES string of the molecule is CCC[C@@](C)(C(=O)Nc1ccn(C)n1)N1CC(Oc2cccc(C(C)(C)O)c2F)=CC1=O. The molecule has 9 heteroatoms. The van der Waals surface area contributed by atoms with E-state index in [4.69, 9.17) is 4.74 Å². The molecule has 2 heterocycles. The highest BCUT2D eigenvalue weighted by Gasteiger charge is 2.44. The number of ether oxygens (including phenoxy) is 1. The molecule has 0 aliphatic carbocycles. The Hall–Kier alpha value is -3.20. The second-order valence-electron chi connectivity index (χ2n) is 8.67. The number of anilines is 1. The number of carbonyl (C=O) groups is 2. The Morgan fingerprint density at radius 3 is 2.62 bits per heavy atom. The van der Waals surface area contributed by atoms with Gasteiger partial charge < -0.3 is 20.1 Å². The summed E-state index contributed by atoms with van der Waals surface area (Å²) < 4.78 is 22.1. The first kappa shape index (κ1) is 23.5. The van der Waals surface area contributed by atoms with E-state index in [9.17, 15) is 19.1 Å². The van der Waals surface area contributed by atoms with E-state index >= 15 is 0 Å². The maximum Gasteiger partial charge on any atom is 0.251 e. The molecular formula is C23H29FN4O4. The van der Waals surface area contributed by atoms with Gasteiger partial charge in [0.1, 0.15) is 11.3 Å². The van der Waals surface area contributed by atoms with Crippen LogP contribution >= 0.6 is 0 Å². The molecule has 0 fully saturated rings. The highest BCUT2D eigenvalue weighted by Crippen LogP contribution is 2.32. The molecule has 1 atom stereocenters. The van der Waals surface area contributed by atoms with Crippen molar-refractivity contribution in [2.45, 2.75) is 51.7 Å². The normalized spacial score (nSPS) is 16.0. The largest absolute Gasteiger partial charge is 0.457 e.